The van der Waals surface area contributed by atoms with E-state index < -0.39 is 8.07 Å². The lowest BCUT2D eigenvalue weighted by Crippen LogP contribution is -2.48. The fraction of sp³-hybridized carbons (Fsp3) is 0.333. The summed E-state index contributed by atoms with van der Waals surface area (Å²) in [6.45, 7) is 9.60. The lowest BCUT2D eigenvalue weighted by atomic mass is 10.1. The number of aromatic nitrogens is 1. The molecule has 6 heteroatoms. The van der Waals surface area contributed by atoms with Crippen LogP contribution >= 0.6 is 11.3 Å². The maximum absolute atomic E-state index is 12.4. The van der Waals surface area contributed by atoms with E-state index in [2.05, 4.69) is 52.8 Å². The van der Waals surface area contributed by atoms with Gasteiger partial charge in [-0.05, 0) is 18.2 Å². The Morgan fingerprint density at radius 2 is 1.81 bits per heavy atom. The van der Waals surface area contributed by atoms with Crippen molar-refractivity contribution in [2.75, 3.05) is 31.1 Å². The van der Waals surface area contributed by atoms with E-state index >= 15 is 0 Å². The predicted molar refractivity (Wildman–Crippen MR) is 114 cm³/mol. The molecule has 3 rings (SSSR count). The molecule has 0 bridgehead atoms. The van der Waals surface area contributed by atoms with Crippen LogP contribution in [0.3, 0.4) is 0 Å². The molecule has 0 radical (unpaired) electrons. The molecule has 138 valence electrons. The van der Waals surface area contributed by atoms with Crippen LogP contribution in [0.25, 0.3) is 0 Å². The number of benzene rings is 1. The van der Waals surface area contributed by atoms with E-state index in [0.717, 1.165) is 29.3 Å². The first-order chi connectivity index (χ1) is 12.9. The highest BCUT2D eigenvalue weighted by molar-refractivity contribution is 7.13. The third-order valence-electron chi connectivity index (χ3n) is 4.01. The van der Waals surface area contributed by atoms with Crippen LogP contribution in [0.4, 0.5) is 5.13 Å². The van der Waals surface area contributed by atoms with E-state index in [-0.39, 0.29) is 5.91 Å². The first-order valence-corrected chi connectivity index (χ1v) is 13.4. The van der Waals surface area contributed by atoms with Gasteiger partial charge in [0.25, 0.3) is 5.91 Å². The lowest BCUT2D eigenvalue weighted by Gasteiger charge is -2.33. The van der Waals surface area contributed by atoms with Gasteiger partial charge in [0.1, 0.15) is 8.07 Å². The van der Waals surface area contributed by atoms with Crippen molar-refractivity contribution in [1.82, 2.24) is 9.88 Å². The number of hydrogen-bond acceptors (Lipinski definition) is 4. The van der Waals surface area contributed by atoms with Crippen LogP contribution in [0, 0.1) is 23.3 Å². The van der Waals surface area contributed by atoms with Gasteiger partial charge < -0.3 is 9.80 Å². The number of rotatable bonds is 1. The molecule has 0 spiro atoms. The van der Waals surface area contributed by atoms with Crippen LogP contribution < -0.4 is 4.90 Å². The van der Waals surface area contributed by atoms with Crippen molar-refractivity contribution in [3.05, 3.63) is 47.0 Å². The molecule has 1 amide bonds. The molecular weight excluding hydrogens is 370 g/mol. The van der Waals surface area contributed by atoms with Gasteiger partial charge in [-0.25, -0.2) is 4.98 Å². The molecule has 1 aliphatic rings. The first-order valence-electron chi connectivity index (χ1n) is 8.99. The molecular formula is C21H23N3OSSi. The zero-order valence-electron chi connectivity index (χ0n) is 16.0. The standard InChI is InChI=1S/C21H23N3OSSi/c1-27(2,3)16-9-19-6-4-5-18(17-19)7-8-20(25)23-11-13-24(14-12-23)21-22-10-15-26-21/h4-6,10,15,17H,11-14H2,1-3H3. The van der Waals surface area contributed by atoms with Gasteiger partial charge in [-0.3, -0.25) is 4.79 Å². The molecule has 2 aromatic rings. The Morgan fingerprint density at radius 1 is 1.11 bits per heavy atom. The number of amides is 1. The molecule has 0 atom stereocenters. The number of nitrogens with zero attached hydrogens (tertiary/aromatic N) is 3. The Morgan fingerprint density at radius 3 is 2.44 bits per heavy atom. The van der Waals surface area contributed by atoms with Crippen LogP contribution in [0.1, 0.15) is 11.1 Å². The second-order valence-electron chi connectivity index (χ2n) is 7.42. The minimum atomic E-state index is -1.41. The molecule has 1 fully saturated rings. The molecule has 0 saturated carbocycles. The SMILES string of the molecule is C[Si](C)(C)C#Cc1cccc(C#CC(=O)N2CCN(c3nccs3)CC2)c1. The zero-order chi connectivity index (χ0) is 19.3. The number of carbonyl (C=O) groups excluding carboxylic acids is 1. The van der Waals surface area contributed by atoms with Crippen molar-refractivity contribution in [2.45, 2.75) is 19.6 Å². The summed E-state index contributed by atoms with van der Waals surface area (Å²) in [5, 5.41) is 2.99. The summed E-state index contributed by atoms with van der Waals surface area (Å²) in [7, 11) is -1.41. The van der Waals surface area contributed by atoms with E-state index in [0.29, 0.717) is 13.1 Å². The molecule has 27 heavy (non-hydrogen) atoms. The number of anilines is 1. The van der Waals surface area contributed by atoms with Crippen LogP contribution in [0.15, 0.2) is 35.8 Å². The first kappa shape index (κ1) is 19.2. The third-order valence-corrected chi connectivity index (χ3v) is 5.72. The Hall–Kier alpha value is -2.54. The number of piperazine rings is 1. The highest BCUT2D eigenvalue weighted by atomic mass is 32.1. The van der Waals surface area contributed by atoms with Crippen molar-refractivity contribution in [2.24, 2.45) is 0 Å². The van der Waals surface area contributed by atoms with Gasteiger partial charge in [0.15, 0.2) is 5.13 Å². The molecule has 0 unspecified atom stereocenters. The maximum atomic E-state index is 12.4. The molecule has 1 saturated heterocycles. The molecule has 1 aromatic carbocycles. The monoisotopic (exact) mass is 393 g/mol. The summed E-state index contributed by atoms with van der Waals surface area (Å²) in [4.78, 5) is 20.8. The zero-order valence-corrected chi connectivity index (χ0v) is 17.8. The Bertz CT molecular complexity index is 918. The van der Waals surface area contributed by atoms with Gasteiger partial charge in [-0.15, -0.1) is 16.9 Å². The van der Waals surface area contributed by atoms with Crippen molar-refractivity contribution in [3.8, 4) is 23.3 Å². The normalized spacial score (nSPS) is 14.0. The van der Waals surface area contributed by atoms with E-state index in [1.54, 1.807) is 11.3 Å². The van der Waals surface area contributed by atoms with Gasteiger partial charge >= 0.3 is 0 Å². The minimum absolute atomic E-state index is 0.118. The van der Waals surface area contributed by atoms with Crippen LogP contribution in [-0.4, -0.2) is 50.0 Å². The van der Waals surface area contributed by atoms with E-state index in [1.165, 1.54) is 0 Å². The van der Waals surface area contributed by atoms with Crippen LogP contribution in [0.2, 0.25) is 19.6 Å². The van der Waals surface area contributed by atoms with E-state index in [4.69, 9.17) is 0 Å². The Labute approximate surface area is 166 Å². The van der Waals surface area contributed by atoms with Gasteiger partial charge in [0, 0.05) is 54.8 Å². The number of carbonyl (C=O) groups is 1. The van der Waals surface area contributed by atoms with Gasteiger partial charge in [0.2, 0.25) is 0 Å². The highest BCUT2D eigenvalue weighted by Gasteiger charge is 2.21. The second kappa shape index (κ2) is 8.43. The average molecular weight is 394 g/mol. The van der Waals surface area contributed by atoms with Crippen molar-refractivity contribution < 1.29 is 4.79 Å². The smallest absolute Gasteiger partial charge is 0.298 e. The third kappa shape index (κ3) is 5.72. The summed E-state index contributed by atoms with van der Waals surface area (Å²) in [6.07, 6.45) is 1.81. The van der Waals surface area contributed by atoms with Crippen molar-refractivity contribution >= 4 is 30.4 Å². The second-order valence-corrected chi connectivity index (χ2v) is 13.0. The Kier molecular flexibility index (Phi) is 6.00. The highest BCUT2D eigenvalue weighted by Crippen LogP contribution is 2.18. The van der Waals surface area contributed by atoms with Crippen molar-refractivity contribution in [1.29, 1.82) is 0 Å². The molecule has 1 aromatic heterocycles. The minimum Gasteiger partial charge on any atom is -0.345 e. The van der Waals surface area contributed by atoms with E-state index in [1.807, 2.05) is 40.7 Å². The quantitative estimate of drug-likeness (QED) is 0.552. The summed E-state index contributed by atoms with van der Waals surface area (Å²) < 4.78 is 0. The fourth-order valence-corrected chi connectivity index (χ4v) is 3.83. The van der Waals surface area contributed by atoms with Gasteiger partial charge in [-0.2, -0.15) is 0 Å². The Balaban J connectivity index is 1.61. The lowest BCUT2D eigenvalue weighted by molar-refractivity contribution is -0.125. The summed E-state index contributed by atoms with van der Waals surface area (Å²) in [5.41, 5.74) is 5.13. The van der Waals surface area contributed by atoms with Crippen molar-refractivity contribution in [3.63, 3.8) is 0 Å². The summed E-state index contributed by atoms with van der Waals surface area (Å²) in [6, 6.07) is 7.79. The molecule has 4 nitrogen and oxygen atoms in total. The molecule has 2 heterocycles. The van der Waals surface area contributed by atoms with E-state index in [9.17, 15) is 4.79 Å². The predicted octanol–water partition coefficient (Wildman–Crippen LogP) is 3.07. The number of hydrogen-bond donors (Lipinski definition) is 0. The maximum Gasteiger partial charge on any atom is 0.298 e. The van der Waals surface area contributed by atoms with Gasteiger partial charge in [-0.1, -0.05) is 37.5 Å². The summed E-state index contributed by atoms with van der Waals surface area (Å²) in [5.74, 6) is 8.89. The summed E-state index contributed by atoms with van der Waals surface area (Å²) >= 11 is 1.63. The van der Waals surface area contributed by atoms with Crippen LogP contribution in [-0.2, 0) is 4.79 Å². The topological polar surface area (TPSA) is 36.4 Å². The molecule has 1 aliphatic heterocycles. The van der Waals surface area contributed by atoms with Crippen LogP contribution in [0.5, 0.6) is 0 Å². The average Bonchev–Trinajstić information content (AvgIpc) is 3.19. The number of thiazole rings is 1. The fourth-order valence-electron chi connectivity index (χ4n) is 2.61. The molecule has 0 N–H and O–H groups in total. The van der Waals surface area contributed by atoms with Gasteiger partial charge in [0.05, 0.1) is 0 Å². The molecule has 0 aliphatic carbocycles. The largest absolute Gasteiger partial charge is 0.345 e.